The highest BCUT2D eigenvalue weighted by atomic mass is 16.4. The van der Waals surface area contributed by atoms with Crippen LogP contribution < -0.4 is 5.43 Å². The van der Waals surface area contributed by atoms with Gasteiger partial charge < -0.3 is 9.52 Å². The van der Waals surface area contributed by atoms with Crippen LogP contribution in [0.1, 0.15) is 27.2 Å². The molecule has 2 aromatic carbocycles. The van der Waals surface area contributed by atoms with Crippen LogP contribution in [0, 0.1) is 0 Å². The van der Waals surface area contributed by atoms with Crippen molar-refractivity contribution < 1.29 is 14.3 Å². The van der Waals surface area contributed by atoms with Crippen LogP contribution in [-0.2, 0) is 6.42 Å². The average Bonchev–Trinajstić information content (AvgIpc) is 2.63. The number of hydrogen-bond acceptors (Lipinski definition) is 3. The second kappa shape index (κ2) is 7.01. The van der Waals surface area contributed by atoms with E-state index in [9.17, 15) is 9.59 Å². The van der Waals surface area contributed by atoms with Gasteiger partial charge in [-0.3, -0.25) is 4.79 Å². The lowest BCUT2D eigenvalue weighted by atomic mass is 10.0. The Morgan fingerprint density at radius 2 is 1.88 bits per heavy atom. The maximum absolute atomic E-state index is 12.8. The average molecular weight is 332 g/mol. The molecule has 1 heterocycles. The van der Waals surface area contributed by atoms with Gasteiger partial charge in [-0.15, -0.1) is 6.58 Å². The number of hydrogen-bond donors (Lipinski definition) is 1. The van der Waals surface area contributed by atoms with Gasteiger partial charge in [0.2, 0.25) is 0 Å². The monoisotopic (exact) mass is 332 g/mol. The molecule has 1 aromatic heterocycles. The Morgan fingerprint density at radius 3 is 2.56 bits per heavy atom. The molecule has 0 fully saturated rings. The number of rotatable bonds is 5. The van der Waals surface area contributed by atoms with Crippen molar-refractivity contribution in [1.82, 2.24) is 0 Å². The standard InChI is InChI=1S/C21H16O4/c1-2-6-16-18(11-9-14-7-4-3-5-8-14)25-19-12-10-15(21(23)24)13-17(19)20(16)22/h2-5,7-13H,1,6H2,(H,23,24)/b11-9+. The number of carboxylic acid groups (broad SMARTS) is 1. The van der Waals surface area contributed by atoms with Crippen molar-refractivity contribution in [3.05, 3.63) is 93.9 Å². The van der Waals surface area contributed by atoms with E-state index in [1.54, 1.807) is 12.2 Å². The summed E-state index contributed by atoms with van der Waals surface area (Å²) < 4.78 is 5.86. The zero-order valence-electron chi connectivity index (χ0n) is 13.4. The molecule has 3 rings (SSSR count). The second-order valence-electron chi connectivity index (χ2n) is 5.53. The Labute approximate surface area is 144 Å². The first-order valence-corrected chi connectivity index (χ1v) is 7.77. The molecule has 0 aliphatic carbocycles. The minimum absolute atomic E-state index is 0.0527. The normalized spacial score (nSPS) is 11.0. The maximum Gasteiger partial charge on any atom is 0.335 e. The fraction of sp³-hybridized carbons (Fsp3) is 0.0476. The van der Waals surface area contributed by atoms with Crippen molar-refractivity contribution in [2.75, 3.05) is 0 Å². The third-order valence-electron chi connectivity index (χ3n) is 3.84. The molecule has 25 heavy (non-hydrogen) atoms. The largest absolute Gasteiger partial charge is 0.478 e. The molecule has 0 saturated carbocycles. The Morgan fingerprint density at radius 1 is 1.12 bits per heavy atom. The topological polar surface area (TPSA) is 67.5 Å². The summed E-state index contributed by atoms with van der Waals surface area (Å²) in [5, 5.41) is 9.37. The molecule has 0 aliphatic heterocycles. The smallest absolute Gasteiger partial charge is 0.335 e. The zero-order chi connectivity index (χ0) is 17.8. The lowest BCUT2D eigenvalue weighted by Gasteiger charge is -2.06. The summed E-state index contributed by atoms with van der Waals surface area (Å²) >= 11 is 0. The van der Waals surface area contributed by atoms with Crippen molar-refractivity contribution in [3.8, 4) is 0 Å². The van der Waals surface area contributed by atoms with Gasteiger partial charge in [0.15, 0.2) is 5.43 Å². The van der Waals surface area contributed by atoms with Crippen molar-refractivity contribution >= 4 is 29.1 Å². The molecule has 0 aliphatic rings. The first-order valence-electron chi connectivity index (χ1n) is 7.77. The van der Waals surface area contributed by atoms with Crippen LogP contribution in [-0.4, -0.2) is 11.1 Å². The molecule has 0 radical (unpaired) electrons. The number of carboxylic acids is 1. The molecule has 0 atom stereocenters. The minimum Gasteiger partial charge on any atom is -0.478 e. The van der Waals surface area contributed by atoms with Crippen molar-refractivity contribution in [1.29, 1.82) is 0 Å². The van der Waals surface area contributed by atoms with E-state index < -0.39 is 5.97 Å². The van der Waals surface area contributed by atoms with Crippen LogP contribution in [0.2, 0.25) is 0 Å². The summed E-state index contributed by atoms with van der Waals surface area (Å²) in [5.41, 5.74) is 1.61. The van der Waals surface area contributed by atoms with E-state index in [0.29, 0.717) is 23.3 Å². The summed E-state index contributed by atoms with van der Waals surface area (Å²) in [6.45, 7) is 3.68. The second-order valence-corrected chi connectivity index (χ2v) is 5.53. The van der Waals surface area contributed by atoms with Gasteiger partial charge in [0.25, 0.3) is 0 Å². The van der Waals surface area contributed by atoms with E-state index >= 15 is 0 Å². The molecule has 0 amide bonds. The summed E-state index contributed by atoms with van der Waals surface area (Å²) in [5.74, 6) is -0.635. The third kappa shape index (κ3) is 3.43. The van der Waals surface area contributed by atoms with Gasteiger partial charge in [-0.2, -0.15) is 0 Å². The van der Waals surface area contributed by atoms with E-state index in [0.717, 1.165) is 5.56 Å². The van der Waals surface area contributed by atoms with Crippen molar-refractivity contribution in [3.63, 3.8) is 0 Å². The molecule has 0 saturated heterocycles. The quantitative estimate of drug-likeness (QED) is 0.704. The van der Waals surface area contributed by atoms with Crippen LogP contribution in [0.4, 0.5) is 0 Å². The molecule has 0 spiro atoms. The molecule has 0 unspecified atom stereocenters. The summed E-state index contributed by atoms with van der Waals surface area (Å²) in [6, 6.07) is 14.0. The maximum atomic E-state index is 12.8. The highest BCUT2D eigenvalue weighted by Crippen LogP contribution is 2.20. The lowest BCUT2D eigenvalue weighted by molar-refractivity contribution is 0.0697. The van der Waals surface area contributed by atoms with Crippen LogP contribution in [0.5, 0.6) is 0 Å². The van der Waals surface area contributed by atoms with Gasteiger partial charge in [0, 0.05) is 5.56 Å². The molecular weight excluding hydrogens is 316 g/mol. The Hall–Kier alpha value is -3.40. The molecule has 4 nitrogen and oxygen atoms in total. The van der Waals surface area contributed by atoms with Crippen molar-refractivity contribution in [2.45, 2.75) is 6.42 Å². The minimum atomic E-state index is -1.08. The Balaban J connectivity index is 2.17. The van der Waals surface area contributed by atoms with E-state index in [1.165, 1.54) is 18.2 Å². The van der Waals surface area contributed by atoms with Crippen molar-refractivity contribution in [2.24, 2.45) is 0 Å². The third-order valence-corrected chi connectivity index (χ3v) is 3.84. The molecule has 4 heteroatoms. The van der Waals surface area contributed by atoms with Crippen LogP contribution in [0.3, 0.4) is 0 Å². The molecular formula is C21H16O4. The first kappa shape index (κ1) is 16.5. The van der Waals surface area contributed by atoms with Gasteiger partial charge in [0.05, 0.1) is 10.9 Å². The number of carbonyl (C=O) groups is 1. The molecule has 3 aromatic rings. The summed E-state index contributed by atoms with van der Waals surface area (Å²) in [7, 11) is 0. The van der Waals surface area contributed by atoms with E-state index in [-0.39, 0.29) is 16.4 Å². The number of benzene rings is 2. The molecule has 0 bridgehead atoms. The predicted molar refractivity (Wildman–Crippen MR) is 98.7 cm³/mol. The number of allylic oxidation sites excluding steroid dienone is 1. The molecule has 124 valence electrons. The SMILES string of the molecule is C=CCc1c(/C=C/c2ccccc2)oc2ccc(C(=O)O)cc2c1=O. The fourth-order valence-electron chi connectivity index (χ4n) is 2.59. The molecule has 1 N–H and O–H groups in total. The zero-order valence-corrected chi connectivity index (χ0v) is 13.4. The van der Waals surface area contributed by atoms with Gasteiger partial charge in [-0.25, -0.2) is 4.79 Å². The van der Waals surface area contributed by atoms with E-state index in [1.807, 2.05) is 36.4 Å². The van der Waals surface area contributed by atoms with Gasteiger partial charge >= 0.3 is 5.97 Å². The number of fused-ring (bicyclic) bond motifs is 1. The first-order chi connectivity index (χ1) is 12.1. The summed E-state index contributed by atoms with van der Waals surface area (Å²) in [4.78, 5) is 23.9. The van der Waals surface area contributed by atoms with E-state index in [2.05, 4.69) is 6.58 Å². The highest BCUT2D eigenvalue weighted by Gasteiger charge is 2.14. The Bertz CT molecular complexity index is 1030. The summed E-state index contributed by atoms with van der Waals surface area (Å²) in [6.07, 6.45) is 5.57. The lowest BCUT2D eigenvalue weighted by Crippen LogP contribution is -2.11. The highest BCUT2D eigenvalue weighted by molar-refractivity contribution is 5.93. The van der Waals surface area contributed by atoms with Gasteiger partial charge in [0.1, 0.15) is 11.3 Å². The predicted octanol–water partition coefficient (Wildman–Crippen LogP) is 4.39. The van der Waals surface area contributed by atoms with Crippen LogP contribution in [0.15, 0.2) is 70.4 Å². The van der Waals surface area contributed by atoms with E-state index in [4.69, 9.17) is 9.52 Å². The van der Waals surface area contributed by atoms with Gasteiger partial charge in [-0.1, -0.05) is 42.5 Å². The fourth-order valence-corrected chi connectivity index (χ4v) is 2.59. The van der Waals surface area contributed by atoms with Crippen LogP contribution >= 0.6 is 0 Å². The van der Waals surface area contributed by atoms with Crippen LogP contribution in [0.25, 0.3) is 23.1 Å². The van der Waals surface area contributed by atoms with Gasteiger partial charge in [-0.05, 0) is 36.3 Å². The Kier molecular flexibility index (Phi) is 4.61. The number of aromatic carboxylic acids is 1.